The van der Waals surface area contributed by atoms with Gasteiger partial charge < -0.3 is 15.2 Å². The van der Waals surface area contributed by atoms with Crippen molar-refractivity contribution in [2.24, 2.45) is 11.7 Å². The number of rotatable bonds is 6. The molecule has 4 heteroatoms. The minimum absolute atomic E-state index is 0.168. The van der Waals surface area contributed by atoms with Crippen molar-refractivity contribution in [3.63, 3.8) is 0 Å². The van der Waals surface area contributed by atoms with Crippen LogP contribution in [0.1, 0.15) is 25.3 Å². The van der Waals surface area contributed by atoms with Crippen LogP contribution in [0.2, 0.25) is 0 Å². The first-order valence-corrected chi connectivity index (χ1v) is 6.69. The first-order chi connectivity index (χ1) is 9.11. The second-order valence-corrected chi connectivity index (χ2v) is 5.06. The van der Waals surface area contributed by atoms with E-state index >= 15 is 0 Å². The summed E-state index contributed by atoms with van der Waals surface area (Å²) in [7, 11) is 1.37. The smallest absolute Gasteiger partial charge is 0.329 e. The quantitative estimate of drug-likeness (QED) is 0.796. The third-order valence-electron chi connectivity index (χ3n) is 3.69. The second kappa shape index (κ2) is 5.61. The van der Waals surface area contributed by atoms with Crippen LogP contribution >= 0.6 is 0 Å². The molecule has 2 N–H and O–H groups in total. The molecular formula is C15H21NO3. The van der Waals surface area contributed by atoms with Gasteiger partial charge in [-0.3, -0.25) is 0 Å². The molecule has 1 atom stereocenters. The molecule has 1 unspecified atom stereocenters. The summed E-state index contributed by atoms with van der Waals surface area (Å²) in [5.41, 5.74) is 6.30. The summed E-state index contributed by atoms with van der Waals surface area (Å²) < 4.78 is 10.6. The zero-order valence-electron chi connectivity index (χ0n) is 11.5. The van der Waals surface area contributed by atoms with E-state index in [1.54, 1.807) is 0 Å². The minimum Gasteiger partial charge on any atom is -0.491 e. The number of nitrogens with two attached hydrogens (primary N) is 1. The fourth-order valence-corrected chi connectivity index (χ4v) is 2.27. The lowest BCUT2D eigenvalue weighted by Gasteiger charge is -2.26. The fourth-order valence-electron chi connectivity index (χ4n) is 2.27. The van der Waals surface area contributed by atoms with Crippen LogP contribution in [-0.2, 0) is 16.0 Å². The van der Waals surface area contributed by atoms with Gasteiger partial charge >= 0.3 is 5.97 Å². The standard InChI is InChI=1S/C15H21NO3/c1-3-11-6-4-5-7-13(11)19-10-15(16,12-8-9-12)14(17)18-2/h4-7,12H,3,8-10,16H2,1-2H3. The van der Waals surface area contributed by atoms with Gasteiger partial charge in [-0.05, 0) is 36.8 Å². The predicted octanol–water partition coefficient (Wildman–Crippen LogP) is 1.91. The Kier molecular flexibility index (Phi) is 4.10. The summed E-state index contributed by atoms with van der Waals surface area (Å²) in [4.78, 5) is 11.9. The summed E-state index contributed by atoms with van der Waals surface area (Å²) in [6.45, 7) is 2.24. The Morgan fingerprint density at radius 2 is 2.11 bits per heavy atom. The first kappa shape index (κ1) is 13.9. The Bertz CT molecular complexity index is 456. The van der Waals surface area contributed by atoms with Gasteiger partial charge in [-0.2, -0.15) is 0 Å². The van der Waals surface area contributed by atoms with Crippen LogP contribution in [0.5, 0.6) is 5.75 Å². The topological polar surface area (TPSA) is 61.5 Å². The number of aryl methyl sites for hydroxylation is 1. The van der Waals surface area contributed by atoms with Gasteiger partial charge in [0.05, 0.1) is 7.11 Å². The van der Waals surface area contributed by atoms with E-state index in [1.807, 2.05) is 24.3 Å². The maximum absolute atomic E-state index is 11.9. The molecule has 0 spiro atoms. The number of carbonyl (C=O) groups is 1. The van der Waals surface area contributed by atoms with Crippen LogP contribution in [0, 0.1) is 5.92 Å². The largest absolute Gasteiger partial charge is 0.491 e. The molecule has 1 fully saturated rings. The van der Waals surface area contributed by atoms with Crippen molar-refractivity contribution >= 4 is 5.97 Å². The van der Waals surface area contributed by atoms with Gasteiger partial charge in [0, 0.05) is 0 Å². The molecule has 0 radical (unpaired) electrons. The van der Waals surface area contributed by atoms with Gasteiger partial charge in [0.2, 0.25) is 0 Å². The molecule has 0 aromatic heterocycles. The van der Waals surface area contributed by atoms with Crippen LogP contribution in [0.25, 0.3) is 0 Å². The average Bonchev–Trinajstić information content (AvgIpc) is 3.29. The Labute approximate surface area is 113 Å². The first-order valence-electron chi connectivity index (χ1n) is 6.69. The van der Waals surface area contributed by atoms with Crippen LogP contribution in [-0.4, -0.2) is 25.2 Å². The minimum atomic E-state index is -1.02. The maximum atomic E-state index is 11.9. The lowest BCUT2D eigenvalue weighted by atomic mass is 9.96. The zero-order valence-corrected chi connectivity index (χ0v) is 11.5. The maximum Gasteiger partial charge on any atom is 0.329 e. The molecule has 1 saturated carbocycles. The molecule has 1 aromatic carbocycles. The molecule has 2 rings (SSSR count). The van der Waals surface area contributed by atoms with Crippen LogP contribution in [0.3, 0.4) is 0 Å². The van der Waals surface area contributed by atoms with Crippen molar-refractivity contribution in [3.05, 3.63) is 29.8 Å². The van der Waals surface area contributed by atoms with E-state index in [0.29, 0.717) is 0 Å². The normalized spacial score (nSPS) is 17.6. The average molecular weight is 263 g/mol. The number of ether oxygens (including phenoxy) is 2. The zero-order chi connectivity index (χ0) is 13.9. The third-order valence-corrected chi connectivity index (χ3v) is 3.69. The van der Waals surface area contributed by atoms with Crippen LogP contribution < -0.4 is 10.5 Å². The molecular weight excluding hydrogens is 242 g/mol. The van der Waals surface area contributed by atoms with Gasteiger partial charge in [-0.25, -0.2) is 4.79 Å². The summed E-state index contributed by atoms with van der Waals surface area (Å²) in [6.07, 6.45) is 2.81. The van der Waals surface area contributed by atoms with E-state index in [1.165, 1.54) is 7.11 Å². The molecule has 0 aliphatic heterocycles. The highest BCUT2D eigenvalue weighted by atomic mass is 16.5. The highest BCUT2D eigenvalue weighted by Crippen LogP contribution is 2.39. The number of carbonyl (C=O) groups excluding carboxylic acids is 1. The molecule has 104 valence electrons. The van der Waals surface area contributed by atoms with Gasteiger partial charge in [-0.1, -0.05) is 25.1 Å². The van der Waals surface area contributed by atoms with Gasteiger partial charge in [0.15, 0.2) is 5.54 Å². The summed E-state index contributed by atoms with van der Waals surface area (Å²) in [5, 5.41) is 0. The lowest BCUT2D eigenvalue weighted by Crippen LogP contribution is -2.55. The van der Waals surface area contributed by atoms with Crippen molar-refractivity contribution in [2.45, 2.75) is 31.7 Å². The fraction of sp³-hybridized carbons (Fsp3) is 0.533. The molecule has 0 heterocycles. The number of esters is 1. The van der Waals surface area contributed by atoms with E-state index in [0.717, 1.165) is 30.6 Å². The number of para-hydroxylation sites is 1. The summed E-state index contributed by atoms with van der Waals surface area (Å²) >= 11 is 0. The Balaban J connectivity index is 2.09. The molecule has 4 nitrogen and oxygen atoms in total. The van der Waals surface area contributed by atoms with E-state index in [9.17, 15) is 4.79 Å². The van der Waals surface area contributed by atoms with Gasteiger partial charge in [0.1, 0.15) is 12.4 Å². The van der Waals surface area contributed by atoms with Crippen molar-refractivity contribution in [1.29, 1.82) is 0 Å². The Morgan fingerprint density at radius 1 is 1.42 bits per heavy atom. The number of methoxy groups -OCH3 is 1. The molecule has 1 aliphatic rings. The number of hydrogen-bond acceptors (Lipinski definition) is 4. The Morgan fingerprint density at radius 3 is 2.68 bits per heavy atom. The SMILES string of the molecule is CCc1ccccc1OCC(N)(C(=O)OC)C1CC1. The predicted molar refractivity (Wildman–Crippen MR) is 73.0 cm³/mol. The van der Waals surface area contributed by atoms with Crippen molar-refractivity contribution in [3.8, 4) is 5.75 Å². The molecule has 1 aliphatic carbocycles. The van der Waals surface area contributed by atoms with E-state index in [-0.39, 0.29) is 18.5 Å². The lowest BCUT2D eigenvalue weighted by molar-refractivity contribution is -0.149. The second-order valence-electron chi connectivity index (χ2n) is 5.06. The van der Waals surface area contributed by atoms with Crippen molar-refractivity contribution < 1.29 is 14.3 Å². The highest BCUT2D eigenvalue weighted by Gasteiger charge is 2.49. The monoisotopic (exact) mass is 263 g/mol. The molecule has 0 saturated heterocycles. The summed E-state index contributed by atoms with van der Waals surface area (Å²) in [6, 6.07) is 7.82. The van der Waals surface area contributed by atoms with Crippen LogP contribution in [0.4, 0.5) is 0 Å². The van der Waals surface area contributed by atoms with Crippen molar-refractivity contribution in [1.82, 2.24) is 0 Å². The summed E-state index contributed by atoms with van der Waals surface area (Å²) in [5.74, 6) is 0.585. The number of hydrogen-bond donors (Lipinski definition) is 1. The Hall–Kier alpha value is -1.55. The van der Waals surface area contributed by atoms with Crippen molar-refractivity contribution in [2.75, 3.05) is 13.7 Å². The number of benzene rings is 1. The van der Waals surface area contributed by atoms with Crippen LogP contribution in [0.15, 0.2) is 24.3 Å². The highest BCUT2D eigenvalue weighted by molar-refractivity contribution is 5.81. The molecule has 0 bridgehead atoms. The molecule has 1 aromatic rings. The molecule has 19 heavy (non-hydrogen) atoms. The van der Waals surface area contributed by atoms with E-state index < -0.39 is 5.54 Å². The van der Waals surface area contributed by atoms with E-state index in [2.05, 4.69) is 6.92 Å². The molecule has 0 amide bonds. The van der Waals surface area contributed by atoms with E-state index in [4.69, 9.17) is 15.2 Å². The van der Waals surface area contributed by atoms with Gasteiger partial charge in [-0.15, -0.1) is 0 Å². The van der Waals surface area contributed by atoms with Gasteiger partial charge in [0.25, 0.3) is 0 Å². The third kappa shape index (κ3) is 2.89.